The molecule has 0 saturated carbocycles. The Balaban J connectivity index is 2.82. The molecule has 0 spiro atoms. The van der Waals surface area contributed by atoms with Crippen LogP contribution in [0.2, 0.25) is 0 Å². The molecule has 0 unspecified atom stereocenters. The molecule has 1 N–H and O–H groups in total. The predicted molar refractivity (Wildman–Crippen MR) is 50.5 cm³/mol. The number of carbonyl (C=O) groups is 1. The molecule has 90 valence electrons. The van der Waals surface area contributed by atoms with E-state index < -0.39 is 23.4 Å². The molecule has 0 radical (unpaired) electrons. The van der Waals surface area contributed by atoms with Gasteiger partial charge < -0.3 is 5.11 Å². The van der Waals surface area contributed by atoms with Crippen LogP contribution in [0, 0.1) is 0 Å². The molecule has 2 rings (SSSR count). The maximum atomic E-state index is 12.6. The highest BCUT2D eigenvalue weighted by Crippen LogP contribution is 2.32. The first kappa shape index (κ1) is 11.4. The lowest BCUT2D eigenvalue weighted by Crippen LogP contribution is -2.15. The van der Waals surface area contributed by atoms with Crippen LogP contribution in [-0.2, 0) is 13.2 Å². The summed E-state index contributed by atoms with van der Waals surface area (Å²) in [6.07, 6.45) is -3.66. The standard InChI is InChI=1S/C9H6F3N3O2/c1-15-6-2-4(8(16)17)7(9(10,11)12)14-5(6)3-13-15/h2-3H,1H3,(H,16,17). The molecule has 0 fully saturated rings. The number of aryl methyl sites for hydroxylation is 1. The number of halogens is 3. The second kappa shape index (κ2) is 3.44. The Morgan fingerprint density at radius 2 is 2.12 bits per heavy atom. The highest BCUT2D eigenvalue weighted by atomic mass is 19.4. The van der Waals surface area contributed by atoms with E-state index in [1.54, 1.807) is 0 Å². The second-order valence-electron chi connectivity index (χ2n) is 3.36. The molecule has 2 aromatic rings. The summed E-state index contributed by atoms with van der Waals surface area (Å²) in [7, 11) is 1.49. The van der Waals surface area contributed by atoms with E-state index in [-0.39, 0.29) is 11.0 Å². The van der Waals surface area contributed by atoms with E-state index >= 15 is 0 Å². The molecule has 0 aliphatic rings. The predicted octanol–water partition coefficient (Wildman–Crippen LogP) is 1.69. The highest BCUT2D eigenvalue weighted by Gasteiger charge is 2.38. The summed E-state index contributed by atoms with van der Waals surface area (Å²) >= 11 is 0. The average molecular weight is 245 g/mol. The van der Waals surface area contributed by atoms with Crippen molar-refractivity contribution in [3.05, 3.63) is 23.5 Å². The van der Waals surface area contributed by atoms with Gasteiger partial charge in [0.05, 0.1) is 17.3 Å². The second-order valence-corrected chi connectivity index (χ2v) is 3.36. The van der Waals surface area contributed by atoms with Gasteiger partial charge in [-0.05, 0) is 6.07 Å². The maximum absolute atomic E-state index is 12.6. The number of hydrogen-bond donors (Lipinski definition) is 1. The van der Waals surface area contributed by atoms with Gasteiger partial charge in [-0.1, -0.05) is 0 Å². The summed E-state index contributed by atoms with van der Waals surface area (Å²) in [6, 6.07) is 0.917. The molecule has 0 saturated heterocycles. The van der Waals surface area contributed by atoms with Crippen molar-refractivity contribution in [1.82, 2.24) is 14.8 Å². The first-order valence-electron chi connectivity index (χ1n) is 4.44. The quantitative estimate of drug-likeness (QED) is 0.830. The number of aromatic nitrogens is 3. The van der Waals surface area contributed by atoms with Crippen LogP contribution in [0.4, 0.5) is 13.2 Å². The van der Waals surface area contributed by atoms with Gasteiger partial charge in [-0.3, -0.25) is 4.68 Å². The van der Waals surface area contributed by atoms with Crippen LogP contribution in [0.3, 0.4) is 0 Å². The Kier molecular flexibility index (Phi) is 2.30. The van der Waals surface area contributed by atoms with Gasteiger partial charge in [0, 0.05) is 7.05 Å². The molecule has 17 heavy (non-hydrogen) atoms. The minimum atomic E-state index is -4.81. The van der Waals surface area contributed by atoms with Crippen LogP contribution in [0.5, 0.6) is 0 Å². The Labute approximate surface area is 92.5 Å². The van der Waals surface area contributed by atoms with Crippen molar-refractivity contribution in [2.75, 3.05) is 0 Å². The molecule has 0 aliphatic carbocycles. The number of fused-ring (bicyclic) bond motifs is 1. The molecule has 0 amide bonds. The largest absolute Gasteiger partial charge is 0.478 e. The number of carboxylic acids is 1. The topological polar surface area (TPSA) is 68.0 Å². The van der Waals surface area contributed by atoms with Crippen LogP contribution >= 0.6 is 0 Å². The van der Waals surface area contributed by atoms with Crippen molar-refractivity contribution in [2.24, 2.45) is 7.05 Å². The zero-order chi connectivity index (χ0) is 12.8. The molecule has 0 aliphatic heterocycles. The van der Waals surface area contributed by atoms with Crippen molar-refractivity contribution < 1.29 is 23.1 Å². The summed E-state index contributed by atoms with van der Waals surface area (Å²) in [5.74, 6) is -1.67. The Morgan fingerprint density at radius 3 is 2.65 bits per heavy atom. The fourth-order valence-corrected chi connectivity index (χ4v) is 1.45. The lowest BCUT2D eigenvalue weighted by atomic mass is 10.1. The molecule has 0 aromatic carbocycles. The van der Waals surface area contributed by atoms with Crippen LogP contribution in [0.25, 0.3) is 11.0 Å². The van der Waals surface area contributed by atoms with E-state index in [1.165, 1.54) is 11.7 Å². The smallest absolute Gasteiger partial charge is 0.434 e. The monoisotopic (exact) mass is 245 g/mol. The van der Waals surface area contributed by atoms with Gasteiger partial charge >= 0.3 is 12.1 Å². The molecule has 8 heteroatoms. The summed E-state index contributed by atoms with van der Waals surface area (Å²) < 4.78 is 39.0. The van der Waals surface area contributed by atoms with E-state index in [4.69, 9.17) is 5.11 Å². The lowest BCUT2D eigenvalue weighted by Gasteiger charge is -2.09. The number of carboxylic acid groups (broad SMARTS) is 1. The lowest BCUT2D eigenvalue weighted by molar-refractivity contribution is -0.141. The molecule has 0 bridgehead atoms. The van der Waals surface area contributed by atoms with Gasteiger partial charge in [0.15, 0.2) is 5.69 Å². The third-order valence-electron chi connectivity index (χ3n) is 2.23. The van der Waals surface area contributed by atoms with Crippen molar-refractivity contribution in [3.8, 4) is 0 Å². The van der Waals surface area contributed by atoms with Crippen molar-refractivity contribution >= 4 is 17.0 Å². The summed E-state index contributed by atoms with van der Waals surface area (Å²) in [5, 5.41) is 12.5. The summed E-state index contributed by atoms with van der Waals surface area (Å²) in [5.41, 5.74) is -2.06. The molecule has 2 heterocycles. The number of hydrogen-bond acceptors (Lipinski definition) is 3. The van der Waals surface area contributed by atoms with Gasteiger partial charge in [0.25, 0.3) is 0 Å². The highest BCUT2D eigenvalue weighted by molar-refractivity contribution is 5.93. The zero-order valence-corrected chi connectivity index (χ0v) is 8.49. The van der Waals surface area contributed by atoms with Gasteiger partial charge in [0.2, 0.25) is 0 Å². The number of alkyl halides is 3. The summed E-state index contributed by atoms with van der Waals surface area (Å²) in [6.45, 7) is 0. The van der Waals surface area contributed by atoms with Crippen LogP contribution in [0.1, 0.15) is 16.1 Å². The van der Waals surface area contributed by atoms with E-state index in [0.29, 0.717) is 0 Å². The average Bonchev–Trinajstić information content (AvgIpc) is 2.57. The Hall–Kier alpha value is -2.12. The maximum Gasteiger partial charge on any atom is 0.434 e. The van der Waals surface area contributed by atoms with E-state index in [1.807, 2.05) is 0 Å². The third-order valence-corrected chi connectivity index (χ3v) is 2.23. The Morgan fingerprint density at radius 1 is 1.47 bits per heavy atom. The summed E-state index contributed by atoms with van der Waals surface area (Å²) in [4.78, 5) is 14.1. The van der Waals surface area contributed by atoms with Crippen molar-refractivity contribution in [2.45, 2.75) is 6.18 Å². The fraction of sp³-hybridized carbons (Fsp3) is 0.222. The third kappa shape index (κ3) is 1.81. The van der Waals surface area contributed by atoms with Gasteiger partial charge in [-0.25, -0.2) is 9.78 Å². The first-order chi connectivity index (χ1) is 7.80. The van der Waals surface area contributed by atoms with Gasteiger partial charge in [-0.2, -0.15) is 18.3 Å². The molecule has 2 aromatic heterocycles. The van der Waals surface area contributed by atoms with Gasteiger partial charge in [-0.15, -0.1) is 0 Å². The Bertz CT molecular complexity index is 603. The number of nitrogens with zero attached hydrogens (tertiary/aromatic N) is 3. The van der Waals surface area contributed by atoms with Crippen molar-refractivity contribution in [3.63, 3.8) is 0 Å². The number of aromatic carboxylic acids is 1. The zero-order valence-electron chi connectivity index (χ0n) is 8.49. The molecule has 5 nitrogen and oxygen atoms in total. The van der Waals surface area contributed by atoms with Crippen LogP contribution in [0.15, 0.2) is 12.3 Å². The number of rotatable bonds is 1. The van der Waals surface area contributed by atoms with Crippen LogP contribution < -0.4 is 0 Å². The number of pyridine rings is 1. The SMILES string of the molecule is Cn1ncc2nc(C(F)(F)F)c(C(=O)O)cc21. The molecular formula is C9H6F3N3O2. The van der Waals surface area contributed by atoms with E-state index in [2.05, 4.69) is 10.1 Å². The minimum Gasteiger partial charge on any atom is -0.478 e. The van der Waals surface area contributed by atoms with E-state index in [0.717, 1.165) is 12.3 Å². The van der Waals surface area contributed by atoms with E-state index in [9.17, 15) is 18.0 Å². The minimum absolute atomic E-state index is 0.00447. The van der Waals surface area contributed by atoms with Crippen molar-refractivity contribution in [1.29, 1.82) is 0 Å². The first-order valence-corrected chi connectivity index (χ1v) is 4.44. The molecular weight excluding hydrogens is 239 g/mol. The molecule has 0 atom stereocenters. The fourth-order valence-electron chi connectivity index (χ4n) is 1.45. The van der Waals surface area contributed by atoms with Crippen LogP contribution in [-0.4, -0.2) is 25.8 Å². The normalized spacial score (nSPS) is 12.0. The van der Waals surface area contributed by atoms with Gasteiger partial charge in [0.1, 0.15) is 5.52 Å².